The number of hydrogen-bond acceptors (Lipinski definition) is 8. The van der Waals surface area contributed by atoms with Crippen LogP contribution in [0.1, 0.15) is 10.4 Å². The highest BCUT2D eigenvalue weighted by molar-refractivity contribution is 7.22. The number of carbonyl (C=O) groups is 1. The minimum Gasteiger partial charge on any atom is -0.496 e. The summed E-state index contributed by atoms with van der Waals surface area (Å²) in [7, 11) is 4.85. The van der Waals surface area contributed by atoms with Crippen LogP contribution in [0.2, 0.25) is 0 Å². The van der Waals surface area contributed by atoms with E-state index >= 15 is 0 Å². The summed E-state index contributed by atoms with van der Waals surface area (Å²) < 4.78 is 17.3. The molecule has 1 fully saturated rings. The molecule has 0 unspecified atom stereocenters. The van der Waals surface area contributed by atoms with E-state index in [9.17, 15) is 4.79 Å². The lowest BCUT2D eigenvalue weighted by Crippen LogP contribution is -2.48. The van der Waals surface area contributed by atoms with Crippen LogP contribution in [0.15, 0.2) is 36.4 Å². The average Bonchev–Trinajstić information content (AvgIpc) is 3.28. The number of benzene rings is 2. The number of para-hydroxylation sites is 1. The van der Waals surface area contributed by atoms with Crippen LogP contribution in [0.4, 0.5) is 5.13 Å². The molecule has 0 spiro atoms. The monoisotopic (exact) mass is 456 g/mol. The van der Waals surface area contributed by atoms with Gasteiger partial charge in [0.25, 0.3) is 5.91 Å². The van der Waals surface area contributed by atoms with Gasteiger partial charge in [-0.25, -0.2) is 4.98 Å². The molecule has 9 heteroatoms. The van der Waals surface area contributed by atoms with Crippen LogP contribution < -0.4 is 24.4 Å². The molecule has 0 aliphatic carbocycles. The van der Waals surface area contributed by atoms with E-state index < -0.39 is 0 Å². The number of fused-ring (bicyclic) bond motifs is 1. The minimum atomic E-state index is -0.111. The van der Waals surface area contributed by atoms with Gasteiger partial charge < -0.3 is 24.4 Å². The number of piperazine rings is 1. The van der Waals surface area contributed by atoms with Gasteiger partial charge in [-0.1, -0.05) is 23.5 Å². The Morgan fingerprint density at radius 3 is 2.47 bits per heavy atom. The number of nitrogens with one attached hydrogen (secondary N) is 1. The number of rotatable bonds is 8. The van der Waals surface area contributed by atoms with E-state index in [0.717, 1.165) is 48.1 Å². The van der Waals surface area contributed by atoms with E-state index in [1.807, 2.05) is 24.3 Å². The first kappa shape index (κ1) is 22.2. The third kappa shape index (κ3) is 4.58. The largest absolute Gasteiger partial charge is 0.496 e. The van der Waals surface area contributed by atoms with Crippen molar-refractivity contribution in [3.63, 3.8) is 0 Å². The van der Waals surface area contributed by atoms with E-state index in [2.05, 4.69) is 15.1 Å². The SMILES string of the molecule is COc1ccccc1C(=O)NCCN1CCN(c2nc3c(OC)c(OC)ccc3s2)CC1. The fourth-order valence-corrected chi connectivity index (χ4v) is 4.87. The highest BCUT2D eigenvalue weighted by Crippen LogP contribution is 2.40. The van der Waals surface area contributed by atoms with Gasteiger partial charge in [-0.3, -0.25) is 9.69 Å². The molecule has 0 bridgehead atoms. The summed E-state index contributed by atoms with van der Waals surface area (Å²) in [5, 5.41) is 3.99. The third-order valence-electron chi connectivity index (χ3n) is 5.60. The summed E-state index contributed by atoms with van der Waals surface area (Å²) >= 11 is 1.67. The van der Waals surface area contributed by atoms with Gasteiger partial charge in [-0.15, -0.1) is 0 Å². The molecule has 32 heavy (non-hydrogen) atoms. The molecule has 1 aliphatic heterocycles. The van der Waals surface area contributed by atoms with Crippen LogP contribution in [0, 0.1) is 0 Å². The number of anilines is 1. The summed E-state index contributed by atoms with van der Waals surface area (Å²) in [6.07, 6.45) is 0. The van der Waals surface area contributed by atoms with Crippen molar-refractivity contribution in [2.24, 2.45) is 0 Å². The molecule has 0 saturated carbocycles. The Balaban J connectivity index is 1.30. The van der Waals surface area contributed by atoms with Gasteiger partial charge in [0.1, 0.15) is 11.3 Å². The van der Waals surface area contributed by atoms with Crippen LogP contribution in [0.25, 0.3) is 10.2 Å². The normalized spacial score (nSPS) is 14.4. The van der Waals surface area contributed by atoms with Crippen molar-refractivity contribution < 1.29 is 19.0 Å². The van der Waals surface area contributed by atoms with Gasteiger partial charge in [0.2, 0.25) is 0 Å². The molecular weight excluding hydrogens is 428 g/mol. The smallest absolute Gasteiger partial charge is 0.255 e. The Bertz CT molecular complexity index is 1080. The number of aromatic nitrogens is 1. The number of thiazole rings is 1. The number of methoxy groups -OCH3 is 3. The van der Waals surface area contributed by atoms with E-state index in [1.54, 1.807) is 44.8 Å². The molecule has 0 radical (unpaired) electrons. The number of amides is 1. The molecule has 170 valence electrons. The minimum absolute atomic E-state index is 0.111. The summed E-state index contributed by atoms with van der Waals surface area (Å²) in [6, 6.07) is 11.2. The van der Waals surface area contributed by atoms with Crippen molar-refractivity contribution >= 4 is 32.6 Å². The van der Waals surface area contributed by atoms with E-state index in [0.29, 0.717) is 29.4 Å². The molecule has 1 amide bonds. The van der Waals surface area contributed by atoms with Gasteiger partial charge in [0, 0.05) is 39.3 Å². The first-order valence-electron chi connectivity index (χ1n) is 10.5. The Morgan fingerprint density at radius 2 is 1.75 bits per heavy atom. The molecule has 1 aliphatic rings. The van der Waals surface area contributed by atoms with E-state index in [4.69, 9.17) is 19.2 Å². The fraction of sp³-hybridized carbons (Fsp3) is 0.391. The molecule has 1 saturated heterocycles. The number of hydrogen-bond donors (Lipinski definition) is 1. The molecule has 0 atom stereocenters. The third-order valence-corrected chi connectivity index (χ3v) is 6.68. The number of nitrogens with zero attached hydrogens (tertiary/aromatic N) is 3. The van der Waals surface area contributed by atoms with Gasteiger partial charge in [-0.05, 0) is 24.3 Å². The predicted octanol–water partition coefficient (Wildman–Crippen LogP) is 2.87. The van der Waals surface area contributed by atoms with Crippen molar-refractivity contribution in [3.05, 3.63) is 42.0 Å². The zero-order valence-corrected chi connectivity index (χ0v) is 19.4. The maximum atomic E-state index is 12.4. The lowest BCUT2D eigenvalue weighted by Gasteiger charge is -2.34. The average molecular weight is 457 g/mol. The molecule has 8 nitrogen and oxygen atoms in total. The second-order valence-corrected chi connectivity index (χ2v) is 8.44. The molecule has 2 heterocycles. The topological polar surface area (TPSA) is 76.2 Å². The Hall–Kier alpha value is -3.04. The highest BCUT2D eigenvalue weighted by atomic mass is 32.1. The highest BCUT2D eigenvalue weighted by Gasteiger charge is 2.22. The number of ether oxygens (including phenoxy) is 3. The van der Waals surface area contributed by atoms with Gasteiger partial charge in [0.05, 0.1) is 31.6 Å². The van der Waals surface area contributed by atoms with Crippen LogP contribution in [0.5, 0.6) is 17.2 Å². The summed E-state index contributed by atoms with van der Waals surface area (Å²) in [5.41, 5.74) is 1.40. The molecular formula is C23H28N4O4S. The second kappa shape index (κ2) is 10.1. The second-order valence-electron chi connectivity index (χ2n) is 7.43. The zero-order chi connectivity index (χ0) is 22.5. The first-order chi connectivity index (χ1) is 15.6. The van der Waals surface area contributed by atoms with Crippen LogP contribution in [-0.2, 0) is 0 Å². The summed E-state index contributed by atoms with van der Waals surface area (Å²) in [5.74, 6) is 1.84. The predicted molar refractivity (Wildman–Crippen MR) is 127 cm³/mol. The molecule has 1 N–H and O–H groups in total. The Labute approximate surface area is 191 Å². The quantitative estimate of drug-likeness (QED) is 0.559. The molecule has 2 aromatic carbocycles. The van der Waals surface area contributed by atoms with Crippen molar-refractivity contribution in [3.8, 4) is 17.2 Å². The summed E-state index contributed by atoms with van der Waals surface area (Å²) in [6.45, 7) is 5.01. The van der Waals surface area contributed by atoms with Crippen LogP contribution in [-0.4, -0.2) is 76.4 Å². The van der Waals surface area contributed by atoms with E-state index in [-0.39, 0.29) is 5.91 Å². The number of carbonyl (C=O) groups excluding carboxylic acids is 1. The fourth-order valence-electron chi connectivity index (χ4n) is 3.85. The van der Waals surface area contributed by atoms with Gasteiger partial charge >= 0.3 is 0 Å². The summed E-state index contributed by atoms with van der Waals surface area (Å²) in [4.78, 5) is 21.9. The lowest BCUT2D eigenvalue weighted by molar-refractivity contribution is 0.0944. The Morgan fingerprint density at radius 1 is 1.00 bits per heavy atom. The van der Waals surface area contributed by atoms with Crippen molar-refractivity contribution in [2.45, 2.75) is 0 Å². The van der Waals surface area contributed by atoms with Crippen molar-refractivity contribution in [2.75, 3.05) is 65.5 Å². The zero-order valence-electron chi connectivity index (χ0n) is 18.6. The molecule has 3 aromatic rings. The molecule has 1 aromatic heterocycles. The van der Waals surface area contributed by atoms with Crippen LogP contribution in [0.3, 0.4) is 0 Å². The first-order valence-corrected chi connectivity index (χ1v) is 11.4. The van der Waals surface area contributed by atoms with Crippen molar-refractivity contribution in [1.29, 1.82) is 0 Å². The standard InChI is InChI=1S/C23H28N4O4S/c1-29-17-7-5-4-6-16(17)22(28)24-10-11-26-12-14-27(15-13-26)23-25-20-19(32-23)9-8-18(30-2)21(20)31-3/h4-9H,10-15H2,1-3H3,(H,24,28). The van der Waals surface area contributed by atoms with E-state index in [1.165, 1.54) is 0 Å². The Kier molecular flexibility index (Phi) is 6.96. The van der Waals surface area contributed by atoms with Crippen molar-refractivity contribution in [1.82, 2.24) is 15.2 Å². The van der Waals surface area contributed by atoms with Gasteiger partial charge in [-0.2, -0.15) is 0 Å². The maximum absolute atomic E-state index is 12.4. The van der Waals surface area contributed by atoms with Gasteiger partial charge in [0.15, 0.2) is 16.6 Å². The van der Waals surface area contributed by atoms with Crippen LogP contribution >= 0.6 is 11.3 Å². The lowest BCUT2D eigenvalue weighted by atomic mass is 10.2. The molecule has 4 rings (SSSR count). The maximum Gasteiger partial charge on any atom is 0.255 e.